The number of pyridine rings is 2. The second-order valence-corrected chi connectivity index (χ2v) is 5.52. The summed E-state index contributed by atoms with van der Waals surface area (Å²) in [6.45, 7) is 3.84. The summed E-state index contributed by atoms with van der Waals surface area (Å²) in [5.41, 5.74) is 7.60. The van der Waals surface area contributed by atoms with E-state index in [0.717, 1.165) is 5.52 Å². The number of primary amides is 1. The van der Waals surface area contributed by atoms with Gasteiger partial charge in [0.25, 0.3) is 0 Å². The number of para-hydroxylation sites is 2. The third-order valence-electron chi connectivity index (χ3n) is 3.36. The van der Waals surface area contributed by atoms with Crippen LogP contribution >= 0.6 is 0 Å². The molecule has 2 heterocycles. The van der Waals surface area contributed by atoms with Crippen LogP contribution in [0.25, 0.3) is 11.0 Å². The number of amides is 2. The first-order valence-electron chi connectivity index (χ1n) is 7.63. The van der Waals surface area contributed by atoms with Crippen molar-refractivity contribution in [2.75, 3.05) is 4.90 Å². The summed E-state index contributed by atoms with van der Waals surface area (Å²) in [4.78, 5) is 22.2. The molecule has 0 aliphatic rings. The van der Waals surface area contributed by atoms with Crippen molar-refractivity contribution in [3.8, 4) is 5.75 Å². The van der Waals surface area contributed by atoms with Gasteiger partial charge in [-0.05, 0) is 50.2 Å². The van der Waals surface area contributed by atoms with Gasteiger partial charge in [-0.1, -0.05) is 12.1 Å². The number of hydrogen-bond acceptors (Lipinski definition) is 4. The van der Waals surface area contributed by atoms with Crippen LogP contribution in [0.15, 0.2) is 54.7 Å². The number of fused-ring (bicyclic) bond motifs is 1. The van der Waals surface area contributed by atoms with Gasteiger partial charge in [0, 0.05) is 6.20 Å². The molecule has 3 aromatic rings. The minimum Gasteiger partial charge on any atom is -0.489 e. The zero-order valence-corrected chi connectivity index (χ0v) is 13.5. The summed E-state index contributed by atoms with van der Waals surface area (Å²) in [5.74, 6) is 0.988. The topological polar surface area (TPSA) is 81.3 Å². The fourth-order valence-electron chi connectivity index (χ4n) is 2.42. The molecule has 2 amide bonds. The number of nitrogens with zero attached hydrogens (tertiary/aromatic N) is 3. The minimum absolute atomic E-state index is 0.0327. The first-order chi connectivity index (χ1) is 11.6. The Balaban J connectivity index is 2.11. The van der Waals surface area contributed by atoms with Gasteiger partial charge >= 0.3 is 6.03 Å². The van der Waals surface area contributed by atoms with Crippen LogP contribution in [0.5, 0.6) is 5.75 Å². The highest BCUT2D eigenvalue weighted by atomic mass is 16.5. The smallest absolute Gasteiger partial charge is 0.325 e. The van der Waals surface area contributed by atoms with E-state index in [9.17, 15) is 4.79 Å². The number of rotatable bonds is 4. The summed E-state index contributed by atoms with van der Waals surface area (Å²) in [6.07, 6.45) is 1.66. The predicted octanol–water partition coefficient (Wildman–Crippen LogP) is 3.63. The molecule has 24 heavy (non-hydrogen) atoms. The van der Waals surface area contributed by atoms with E-state index >= 15 is 0 Å². The van der Waals surface area contributed by atoms with Gasteiger partial charge in [-0.2, -0.15) is 0 Å². The average Bonchev–Trinajstić information content (AvgIpc) is 2.56. The van der Waals surface area contributed by atoms with Crippen molar-refractivity contribution in [3.63, 3.8) is 0 Å². The molecule has 3 rings (SSSR count). The number of urea groups is 1. The van der Waals surface area contributed by atoms with Crippen LogP contribution < -0.4 is 15.4 Å². The SMILES string of the molecule is CC(C)Oc1ccccc1N(C(N)=O)c1ccc2ncccc2n1. The maximum absolute atomic E-state index is 12.1. The Bertz CT molecular complexity index is 880. The summed E-state index contributed by atoms with van der Waals surface area (Å²) in [7, 11) is 0. The third-order valence-corrected chi connectivity index (χ3v) is 3.36. The van der Waals surface area contributed by atoms with Crippen molar-refractivity contribution >= 4 is 28.6 Å². The van der Waals surface area contributed by atoms with E-state index in [2.05, 4.69) is 9.97 Å². The number of aromatic nitrogens is 2. The number of carbonyl (C=O) groups is 1. The number of ether oxygens (including phenoxy) is 1. The van der Waals surface area contributed by atoms with Crippen LogP contribution in [0.2, 0.25) is 0 Å². The molecule has 0 saturated heterocycles. The lowest BCUT2D eigenvalue weighted by atomic mass is 10.2. The van der Waals surface area contributed by atoms with Gasteiger partial charge in [-0.25, -0.2) is 14.7 Å². The Labute approximate surface area is 139 Å². The fraction of sp³-hybridized carbons (Fsp3) is 0.167. The van der Waals surface area contributed by atoms with Gasteiger partial charge in [-0.15, -0.1) is 0 Å². The molecule has 0 bridgehead atoms. The molecular formula is C18H18N4O2. The van der Waals surface area contributed by atoms with Gasteiger partial charge in [0.05, 0.1) is 22.8 Å². The molecule has 0 fully saturated rings. The largest absolute Gasteiger partial charge is 0.489 e. The Hall–Kier alpha value is -3.15. The predicted molar refractivity (Wildman–Crippen MR) is 93.5 cm³/mol. The van der Waals surface area contributed by atoms with E-state index in [4.69, 9.17) is 10.5 Å². The standard InChI is InChI=1S/C18H18N4O2/c1-12(2)24-16-8-4-3-7-15(16)22(18(19)23)17-10-9-13-14(21-17)6-5-11-20-13/h3-12H,1-2H3,(H2,19,23). The zero-order chi connectivity index (χ0) is 17.1. The lowest BCUT2D eigenvalue weighted by molar-refractivity contribution is 0.241. The van der Waals surface area contributed by atoms with Crippen molar-refractivity contribution in [3.05, 3.63) is 54.7 Å². The van der Waals surface area contributed by atoms with E-state index in [1.807, 2.05) is 32.0 Å². The number of nitrogens with two attached hydrogens (primary N) is 1. The van der Waals surface area contributed by atoms with E-state index < -0.39 is 6.03 Å². The maximum Gasteiger partial charge on any atom is 0.325 e. The Morgan fingerprint density at radius 3 is 2.62 bits per heavy atom. The molecule has 2 aromatic heterocycles. The summed E-state index contributed by atoms with van der Waals surface area (Å²) in [5, 5.41) is 0. The molecule has 1 aromatic carbocycles. The van der Waals surface area contributed by atoms with E-state index in [0.29, 0.717) is 22.8 Å². The Kier molecular flexibility index (Phi) is 4.29. The lowest BCUT2D eigenvalue weighted by Gasteiger charge is -2.23. The minimum atomic E-state index is -0.634. The summed E-state index contributed by atoms with van der Waals surface area (Å²) < 4.78 is 5.80. The van der Waals surface area contributed by atoms with Crippen molar-refractivity contribution in [1.29, 1.82) is 0 Å². The fourth-order valence-corrected chi connectivity index (χ4v) is 2.42. The maximum atomic E-state index is 12.1. The number of carbonyl (C=O) groups excluding carboxylic acids is 1. The number of hydrogen-bond donors (Lipinski definition) is 1. The normalized spacial score (nSPS) is 10.8. The van der Waals surface area contributed by atoms with Gasteiger partial charge < -0.3 is 10.5 Å². The highest BCUT2D eigenvalue weighted by Crippen LogP contribution is 2.33. The van der Waals surface area contributed by atoms with Crippen molar-refractivity contribution in [1.82, 2.24) is 9.97 Å². The van der Waals surface area contributed by atoms with Gasteiger partial charge in [0.1, 0.15) is 11.6 Å². The highest BCUT2D eigenvalue weighted by molar-refractivity contribution is 5.99. The average molecular weight is 322 g/mol. The molecule has 0 spiro atoms. The van der Waals surface area contributed by atoms with Gasteiger partial charge in [-0.3, -0.25) is 4.98 Å². The van der Waals surface area contributed by atoms with Crippen molar-refractivity contribution < 1.29 is 9.53 Å². The number of benzene rings is 1. The molecule has 6 nitrogen and oxygen atoms in total. The first-order valence-corrected chi connectivity index (χ1v) is 7.63. The highest BCUT2D eigenvalue weighted by Gasteiger charge is 2.21. The van der Waals surface area contributed by atoms with Gasteiger partial charge in [0.15, 0.2) is 0 Å². The second-order valence-electron chi connectivity index (χ2n) is 5.52. The third kappa shape index (κ3) is 3.12. The summed E-state index contributed by atoms with van der Waals surface area (Å²) in [6, 6.07) is 13.8. The molecule has 0 aliphatic carbocycles. The van der Waals surface area contributed by atoms with Crippen LogP contribution in [0.3, 0.4) is 0 Å². The Morgan fingerprint density at radius 2 is 1.88 bits per heavy atom. The second kappa shape index (κ2) is 6.54. The first kappa shape index (κ1) is 15.7. The molecule has 0 radical (unpaired) electrons. The molecule has 2 N–H and O–H groups in total. The van der Waals surface area contributed by atoms with Crippen molar-refractivity contribution in [2.24, 2.45) is 5.73 Å². The van der Waals surface area contributed by atoms with Crippen LogP contribution in [0.1, 0.15) is 13.8 Å². The Morgan fingerprint density at radius 1 is 1.08 bits per heavy atom. The van der Waals surface area contributed by atoms with E-state index in [1.165, 1.54) is 4.90 Å². The monoisotopic (exact) mass is 322 g/mol. The molecule has 6 heteroatoms. The molecule has 0 saturated carbocycles. The molecule has 0 atom stereocenters. The zero-order valence-electron chi connectivity index (χ0n) is 13.5. The molecular weight excluding hydrogens is 304 g/mol. The van der Waals surface area contributed by atoms with Crippen LogP contribution in [-0.2, 0) is 0 Å². The van der Waals surface area contributed by atoms with Crippen LogP contribution in [0, 0.1) is 0 Å². The van der Waals surface area contributed by atoms with E-state index in [-0.39, 0.29) is 6.10 Å². The van der Waals surface area contributed by atoms with Crippen LogP contribution in [0.4, 0.5) is 16.3 Å². The lowest BCUT2D eigenvalue weighted by Crippen LogP contribution is -2.32. The summed E-state index contributed by atoms with van der Waals surface area (Å²) >= 11 is 0. The van der Waals surface area contributed by atoms with Crippen LogP contribution in [-0.4, -0.2) is 22.1 Å². The molecule has 0 aliphatic heterocycles. The van der Waals surface area contributed by atoms with E-state index in [1.54, 1.807) is 36.5 Å². The molecule has 122 valence electrons. The number of anilines is 2. The van der Waals surface area contributed by atoms with Crippen molar-refractivity contribution in [2.45, 2.75) is 20.0 Å². The molecule has 0 unspecified atom stereocenters. The quantitative estimate of drug-likeness (QED) is 0.795. The van der Waals surface area contributed by atoms with Gasteiger partial charge in [0.2, 0.25) is 0 Å².